The van der Waals surface area contributed by atoms with Crippen molar-refractivity contribution in [1.82, 2.24) is 0 Å². The lowest BCUT2D eigenvalue weighted by molar-refractivity contribution is 0.584. The van der Waals surface area contributed by atoms with Crippen molar-refractivity contribution >= 4 is 32.7 Å². The minimum Gasteiger partial charge on any atom is -0.397 e. The molecular formula is C10H8F2N2O2S2. The zero-order valence-corrected chi connectivity index (χ0v) is 10.5. The first kappa shape index (κ1) is 12.8. The van der Waals surface area contributed by atoms with Crippen molar-refractivity contribution in [2.75, 3.05) is 10.5 Å². The highest BCUT2D eigenvalue weighted by atomic mass is 32.2. The smallest absolute Gasteiger partial charge is 0.271 e. The van der Waals surface area contributed by atoms with Crippen LogP contribution >= 0.6 is 11.3 Å². The topological polar surface area (TPSA) is 72.2 Å². The minimum atomic E-state index is -3.90. The molecule has 0 spiro atoms. The van der Waals surface area contributed by atoms with Crippen LogP contribution in [0.3, 0.4) is 0 Å². The molecule has 0 unspecified atom stereocenters. The van der Waals surface area contributed by atoms with Gasteiger partial charge >= 0.3 is 0 Å². The summed E-state index contributed by atoms with van der Waals surface area (Å²) >= 11 is 0.976. The SMILES string of the molecule is Nc1cc(F)cc(F)c1NS(=O)(=O)c1cccs1. The van der Waals surface area contributed by atoms with Crippen LogP contribution in [0, 0.1) is 11.6 Å². The van der Waals surface area contributed by atoms with E-state index in [1.807, 2.05) is 4.72 Å². The molecule has 0 amide bonds. The number of rotatable bonds is 3. The van der Waals surface area contributed by atoms with E-state index in [4.69, 9.17) is 5.73 Å². The zero-order valence-electron chi connectivity index (χ0n) is 8.85. The number of anilines is 2. The van der Waals surface area contributed by atoms with Gasteiger partial charge in [-0.05, 0) is 17.5 Å². The van der Waals surface area contributed by atoms with Gasteiger partial charge in [-0.3, -0.25) is 4.72 Å². The van der Waals surface area contributed by atoms with Gasteiger partial charge < -0.3 is 5.73 Å². The Balaban J connectivity index is 2.42. The molecule has 2 rings (SSSR count). The maximum absolute atomic E-state index is 13.4. The van der Waals surface area contributed by atoms with Crippen LogP contribution < -0.4 is 10.5 Å². The Bertz CT molecular complexity index is 646. The van der Waals surface area contributed by atoms with Crippen molar-refractivity contribution in [2.45, 2.75) is 4.21 Å². The number of halogens is 2. The number of hydrogen-bond donors (Lipinski definition) is 2. The molecular weight excluding hydrogens is 282 g/mol. The van der Waals surface area contributed by atoms with E-state index < -0.39 is 27.3 Å². The van der Waals surface area contributed by atoms with Crippen LogP contribution in [-0.2, 0) is 10.0 Å². The molecule has 0 bridgehead atoms. The zero-order chi connectivity index (χ0) is 13.3. The van der Waals surface area contributed by atoms with Gasteiger partial charge in [0.15, 0.2) is 5.82 Å². The predicted molar refractivity (Wildman–Crippen MR) is 65.9 cm³/mol. The second-order valence-electron chi connectivity index (χ2n) is 3.39. The highest BCUT2D eigenvalue weighted by Crippen LogP contribution is 2.27. The number of nitrogen functional groups attached to an aromatic ring is 1. The lowest BCUT2D eigenvalue weighted by Crippen LogP contribution is -2.14. The van der Waals surface area contributed by atoms with E-state index in [0.717, 1.165) is 17.4 Å². The molecule has 96 valence electrons. The van der Waals surface area contributed by atoms with Crippen LogP contribution in [0.4, 0.5) is 20.2 Å². The first-order chi connectivity index (χ1) is 8.40. The van der Waals surface area contributed by atoms with Crippen molar-refractivity contribution in [1.29, 1.82) is 0 Å². The summed E-state index contributed by atoms with van der Waals surface area (Å²) in [5.74, 6) is -1.93. The fourth-order valence-electron chi connectivity index (χ4n) is 1.30. The summed E-state index contributed by atoms with van der Waals surface area (Å²) < 4.78 is 51.9. The quantitative estimate of drug-likeness (QED) is 0.853. The average molecular weight is 290 g/mol. The van der Waals surface area contributed by atoms with Crippen LogP contribution in [0.15, 0.2) is 33.9 Å². The van der Waals surface area contributed by atoms with Gasteiger partial charge in [0.25, 0.3) is 10.0 Å². The largest absolute Gasteiger partial charge is 0.397 e. The molecule has 0 atom stereocenters. The molecule has 3 N–H and O–H groups in total. The second-order valence-corrected chi connectivity index (χ2v) is 6.25. The van der Waals surface area contributed by atoms with Crippen molar-refractivity contribution in [3.63, 3.8) is 0 Å². The summed E-state index contributed by atoms with van der Waals surface area (Å²) in [5.41, 5.74) is 4.61. The molecule has 8 heteroatoms. The van der Waals surface area contributed by atoms with Gasteiger partial charge in [0.1, 0.15) is 15.7 Å². The molecule has 2 aromatic rings. The van der Waals surface area contributed by atoms with Crippen LogP contribution in [0.25, 0.3) is 0 Å². The number of nitrogens with one attached hydrogen (secondary N) is 1. The fraction of sp³-hybridized carbons (Fsp3) is 0. The first-order valence-electron chi connectivity index (χ1n) is 4.71. The molecule has 0 aliphatic heterocycles. The maximum atomic E-state index is 13.4. The third kappa shape index (κ3) is 2.44. The summed E-state index contributed by atoms with van der Waals surface area (Å²) in [6.07, 6.45) is 0. The Labute approximate surface area is 106 Å². The third-order valence-electron chi connectivity index (χ3n) is 2.08. The van der Waals surface area contributed by atoms with E-state index >= 15 is 0 Å². The Morgan fingerprint density at radius 3 is 2.56 bits per heavy atom. The highest BCUT2D eigenvalue weighted by Gasteiger charge is 2.19. The van der Waals surface area contributed by atoms with Crippen LogP contribution in [-0.4, -0.2) is 8.42 Å². The van der Waals surface area contributed by atoms with E-state index in [0.29, 0.717) is 6.07 Å². The van der Waals surface area contributed by atoms with E-state index in [9.17, 15) is 17.2 Å². The third-order valence-corrected chi connectivity index (χ3v) is 4.83. The van der Waals surface area contributed by atoms with Gasteiger partial charge in [-0.1, -0.05) is 6.07 Å². The fourth-order valence-corrected chi connectivity index (χ4v) is 3.39. The van der Waals surface area contributed by atoms with Crippen molar-refractivity contribution in [3.8, 4) is 0 Å². The minimum absolute atomic E-state index is 0.0191. The summed E-state index contributed by atoms with van der Waals surface area (Å²) in [6, 6.07) is 4.31. The normalized spacial score (nSPS) is 11.4. The number of nitrogens with two attached hydrogens (primary N) is 1. The molecule has 0 aliphatic carbocycles. The molecule has 1 aromatic carbocycles. The summed E-state index contributed by atoms with van der Waals surface area (Å²) in [5, 5.41) is 1.57. The Kier molecular flexibility index (Phi) is 3.22. The molecule has 18 heavy (non-hydrogen) atoms. The molecule has 1 aromatic heterocycles. The summed E-state index contributed by atoms with van der Waals surface area (Å²) in [7, 11) is -3.90. The summed E-state index contributed by atoms with van der Waals surface area (Å²) in [4.78, 5) is 0. The Hall–Kier alpha value is -1.67. The molecule has 0 radical (unpaired) electrons. The summed E-state index contributed by atoms with van der Waals surface area (Å²) in [6.45, 7) is 0. The van der Waals surface area contributed by atoms with Crippen LogP contribution in [0.5, 0.6) is 0 Å². The van der Waals surface area contributed by atoms with Crippen molar-refractivity contribution < 1.29 is 17.2 Å². The second kappa shape index (κ2) is 4.54. The molecule has 4 nitrogen and oxygen atoms in total. The van der Waals surface area contributed by atoms with E-state index in [1.165, 1.54) is 6.07 Å². The van der Waals surface area contributed by atoms with Gasteiger partial charge in [-0.25, -0.2) is 17.2 Å². The van der Waals surface area contributed by atoms with Gasteiger partial charge in [0, 0.05) is 6.07 Å². The van der Waals surface area contributed by atoms with Gasteiger partial charge in [-0.15, -0.1) is 11.3 Å². The molecule has 0 fully saturated rings. The molecule has 0 saturated carbocycles. The highest BCUT2D eigenvalue weighted by molar-refractivity contribution is 7.94. The van der Waals surface area contributed by atoms with E-state index in [2.05, 4.69) is 0 Å². The molecule has 1 heterocycles. The Morgan fingerprint density at radius 1 is 1.28 bits per heavy atom. The standard InChI is InChI=1S/C10H8F2N2O2S2/c11-6-4-7(12)10(8(13)5-6)14-18(15,16)9-2-1-3-17-9/h1-5,14H,13H2. The predicted octanol–water partition coefficient (Wildman–Crippen LogP) is 2.41. The van der Waals surface area contributed by atoms with E-state index in [1.54, 1.807) is 11.4 Å². The lowest BCUT2D eigenvalue weighted by Gasteiger charge is -2.10. The van der Waals surface area contributed by atoms with Gasteiger partial charge in [0.05, 0.1) is 5.69 Å². The monoisotopic (exact) mass is 290 g/mol. The number of sulfonamides is 1. The van der Waals surface area contributed by atoms with Crippen LogP contribution in [0.2, 0.25) is 0 Å². The lowest BCUT2D eigenvalue weighted by atomic mass is 10.2. The number of benzene rings is 1. The van der Waals surface area contributed by atoms with Crippen molar-refractivity contribution in [3.05, 3.63) is 41.3 Å². The molecule has 0 saturated heterocycles. The number of hydrogen-bond acceptors (Lipinski definition) is 4. The van der Waals surface area contributed by atoms with Crippen molar-refractivity contribution in [2.24, 2.45) is 0 Å². The Morgan fingerprint density at radius 2 is 2.00 bits per heavy atom. The first-order valence-corrected chi connectivity index (χ1v) is 7.07. The van der Waals surface area contributed by atoms with Gasteiger partial charge in [-0.2, -0.15) is 0 Å². The van der Waals surface area contributed by atoms with E-state index in [-0.39, 0.29) is 9.90 Å². The van der Waals surface area contributed by atoms with Gasteiger partial charge in [0.2, 0.25) is 0 Å². The van der Waals surface area contributed by atoms with Crippen LogP contribution in [0.1, 0.15) is 0 Å². The maximum Gasteiger partial charge on any atom is 0.271 e. The molecule has 0 aliphatic rings. The average Bonchev–Trinajstić information content (AvgIpc) is 2.77. The number of thiophene rings is 1.